The molecule has 1 heterocycles. The Bertz CT molecular complexity index is 626. The van der Waals surface area contributed by atoms with Crippen LogP contribution in [0.15, 0.2) is 18.2 Å². The number of ether oxygens (including phenoxy) is 2. The lowest BCUT2D eigenvalue weighted by Gasteiger charge is -2.12. The van der Waals surface area contributed by atoms with Crippen molar-refractivity contribution in [2.24, 2.45) is 7.05 Å². The molecule has 0 aliphatic carbocycles. The average Bonchev–Trinajstić information content (AvgIpc) is 2.79. The molecule has 2 rings (SSSR count). The summed E-state index contributed by atoms with van der Waals surface area (Å²) in [5, 5.41) is 5.03. The van der Waals surface area contributed by atoms with E-state index in [0.717, 1.165) is 23.4 Å². The first-order valence-electron chi connectivity index (χ1n) is 6.66. The molecule has 0 atom stereocenters. The van der Waals surface area contributed by atoms with Crippen molar-refractivity contribution in [3.05, 3.63) is 40.2 Å². The number of aromatic nitrogens is 2. The monoisotopic (exact) mass is 328 g/mol. The van der Waals surface area contributed by atoms with Crippen LogP contribution in [0.1, 0.15) is 23.9 Å². The van der Waals surface area contributed by atoms with E-state index in [1.807, 2.05) is 32.2 Å². The molecule has 21 heavy (non-hydrogen) atoms. The van der Waals surface area contributed by atoms with Gasteiger partial charge in [-0.3, -0.25) is 4.68 Å². The van der Waals surface area contributed by atoms with Gasteiger partial charge in [0, 0.05) is 12.9 Å². The fourth-order valence-corrected chi connectivity index (χ4v) is 2.55. The average molecular weight is 329 g/mol. The molecule has 0 fully saturated rings. The minimum absolute atomic E-state index is 0.324. The van der Waals surface area contributed by atoms with Crippen LogP contribution in [0, 0.1) is 0 Å². The molecule has 0 radical (unpaired) electrons. The maximum atomic E-state index is 6.31. The number of hydrogen-bond acceptors (Lipinski definition) is 3. The van der Waals surface area contributed by atoms with Crippen LogP contribution in [0.25, 0.3) is 0 Å². The van der Waals surface area contributed by atoms with Gasteiger partial charge in [0.05, 0.1) is 23.5 Å². The van der Waals surface area contributed by atoms with Gasteiger partial charge in [0.2, 0.25) is 0 Å². The van der Waals surface area contributed by atoms with Gasteiger partial charge in [-0.15, -0.1) is 11.6 Å². The summed E-state index contributed by atoms with van der Waals surface area (Å²) in [6.45, 7) is 2.34. The van der Waals surface area contributed by atoms with E-state index in [1.165, 1.54) is 0 Å². The Morgan fingerprint density at radius 2 is 2.05 bits per heavy atom. The van der Waals surface area contributed by atoms with Crippen molar-refractivity contribution in [2.75, 3.05) is 7.11 Å². The smallest absolute Gasteiger partial charge is 0.162 e. The van der Waals surface area contributed by atoms with Crippen molar-refractivity contribution in [3.8, 4) is 11.5 Å². The zero-order valence-electron chi connectivity index (χ0n) is 12.3. The van der Waals surface area contributed by atoms with Crippen LogP contribution in [0.5, 0.6) is 11.5 Å². The van der Waals surface area contributed by atoms with E-state index in [2.05, 4.69) is 5.10 Å². The van der Waals surface area contributed by atoms with E-state index in [9.17, 15) is 0 Å². The largest absolute Gasteiger partial charge is 0.493 e. The van der Waals surface area contributed by atoms with Gasteiger partial charge in [-0.2, -0.15) is 5.10 Å². The quantitative estimate of drug-likeness (QED) is 0.753. The summed E-state index contributed by atoms with van der Waals surface area (Å²) in [6.07, 6.45) is 0.789. The zero-order chi connectivity index (χ0) is 15.4. The van der Waals surface area contributed by atoms with Crippen molar-refractivity contribution in [1.29, 1.82) is 0 Å². The fraction of sp³-hybridized carbons (Fsp3) is 0.400. The SMILES string of the molecule is CCc1nn(C)c(COc2cc(CCl)ccc2OC)c1Cl. The van der Waals surface area contributed by atoms with Crippen LogP contribution in [-0.2, 0) is 26.0 Å². The molecule has 1 aromatic heterocycles. The third kappa shape index (κ3) is 3.44. The van der Waals surface area contributed by atoms with E-state index < -0.39 is 0 Å². The summed E-state index contributed by atoms with van der Waals surface area (Å²) in [4.78, 5) is 0. The molecule has 0 amide bonds. The molecule has 0 spiro atoms. The molecule has 1 aromatic carbocycles. The second-order valence-electron chi connectivity index (χ2n) is 4.59. The van der Waals surface area contributed by atoms with Crippen LogP contribution in [-0.4, -0.2) is 16.9 Å². The fourth-order valence-electron chi connectivity index (χ4n) is 2.04. The minimum atomic E-state index is 0.324. The highest BCUT2D eigenvalue weighted by Crippen LogP contribution is 2.30. The van der Waals surface area contributed by atoms with Gasteiger partial charge in [-0.05, 0) is 24.1 Å². The summed E-state index contributed by atoms with van der Waals surface area (Å²) in [7, 11) is 3.46. The minimum Gasteiger partial charge on any atom is -0.493 e. The van der Waals surface area contributed by atoms with Gasteiger partial charge < -0.3 is 9.47 Å². The standard InChI is InChI=1S/C15H18Cl2N2O2/c1-4-11-15(17)12(19(2)18-11)9-21-14-7-10(8-16)5-6-13(14)20-3/h5-7H,4,8-9H2,1-3H3. The summed E-state index contributed by atoms with van der Waals surface area (Å²) in [6, 6.07) is 5.62. The summed E-state index contributed by atoms with van der Waals surface area (Å²) in [5.74, 6) is 1.73. The summed E-state index contributed by atoms with van der Waals surface area (Å²) < 4.78 is 12.9. The molecular weight excluding hydrogens is 311 g/mol. The predicted octanol–water partition coefficient (Wildman–Crippen LogP) is 3.96. The number of aryl methyl sites for hydroxylation is 2. The van der Waals surface area contributed by atoms with Gasteiger partial charge in [0.1, 0.15) is 6.61 Å². The van der Waals surface area contributed by atoms with E-state index in [-0.39, 0.29) is 0 Å². The Morgan fingerprint density at radius 1 is 1.29 bits per heavy atom. The van der Waals surface area contributed by atoms with Gasteiger partial charge in [0.25, 0.3) is 0 Å². The van der Waals surface area contributed by atoms with Gasteiger partial charge >= 0.3 is 0 Å². The van der Waals surface area contributed by atoms with E-state index in [4.69, 9.17) is 32.7 Å². The van der Waals surface area contributed by atoms with E-state index in [1.54, 1.807) is 11.8 Å². The molecule has 0 aliphatic heterocycles. The second-order valence-corrected chi connectivity index (χ2v) is 5.24. The van der Waals surface area contributed by atoms with Crippen molar-refractivity contribution >= 4 is 23.2 Å². The lowest BCUT2D eigenvalue weighted by Crippen LogP contribution is -2.04. The number of hydrogen-bond donors (Lipinski definition) is 0. The second kappa shape index (κ2) is 7.05. The molecule has 0 aliphatic rings. The highest BCUT2D eigenvalue weighted by Gasteiger charge is 2.14. The molecule has 4 nitrogen and oxygen atoms in total. The Balaban J connectivity index is 2.21. The van der Waals surface area contributed by atoms with Crippen molar-refractivity contribution in [3.63, 3.8) is 0 Å². The highest BCUT2D eigenvalue weighted by molar-refractivity contribution is 6.31. The normalized spacial score (nSPS) is 10.7. The predicted molar refractivity (Wildman–Crippen MR) is 84.5 cm³/mol. The molecule has 114 valence electrons. The molecule has 0 saturated heterocycles. The van der Waals surface area contributed by atoms with Gasteiger partial charge in [-0.25, -0.2) is 0 Å². The first-order valence-corrected chi connectivity index (χ1v) is 7.57. The van der Waals surface area contributed by atoms with Gasteiger partial charge in [-0.1, -0.05) is 24.6 Å². The summed E-state index contributed by atoms with van der Waals surface area (Å²) >= 11 is 12.2. The summed E-state index contributed by atoms with van der Waals surface area (Å²) in [5.41, 5.74) is 2.68. The topological polar surface area (TPSA) is 36.3 Å². The number of benzene rings is 1. The first kappa shape index (κ1) is 16.0. The third-order valence-corrected chi connectivity index (χ3v) is 3.99. The molecule has 0 unspecified atom stereocenters. The van der Waals surface area contributed by atoms with Crippen molar-refractivity contribution in [2.45, 2.75) is 25.8 Å². The Kier molecular flexibility index (Phi) is 5.37. The Hall–Kier alpha value is -1.39. The van der Waals surface area contributed by atoms with Crippen molar-refractivity contribution < 1.29 is 9.47 Å². The zero-order valence-corrected chi connectivity index (χ0v) is 13.8. The van der Waals surface area contributed by atoms with Crippen LogP contribution >= 0.6 is 23.2 Å². The Labute approximate surface area is 134 Å². The van der Waals surface area contributed by atoms with Crippen LogP contribution in [0.2, 0.25) is 5.02 Å². The van der Waals surface area contributed by atoms with Crippen LogP contribution in [0.3, 0.4) is 0 Å². The molecule has 6 heteroatoms. The van der Waals surface area contributed by atoms with Crippen LogP contribution in [0.4, 0.5) is 0 Å². The molecule has 0 bridgehead atoms. The molecule has 0 saturated carbocycles. The van der Waals surface area contributed by atoms with E-state index >= 15 is 0 Å². The Morgan fingerprint density at radius 3 is 2.62 bits per heavy atom. The van der Waals surface area contributed by atoms with Crippen LogP contribution < -0.4 is 9.47 Å². The number of methoxy groups -OCH3 is 1. The van der Waals surface area contributed by atoms with Gasteiger partial charge in [0.15, 0.2) is 11.5 Å². The lowest BCUT2D eigenvalue weighted by molar-refractivity contribution is 0.275. The van der Waals surface area contributed by atoms with Crippen molar-refractivity contribution in [1.82, 2.24) is 9.78 Å². The third-order valence-electron chi connectivity index (χ3n) is 3.25. The first-order chi connectivity index (χ1) is 10.1. The number of halogens is 2. The molecule has 0 N–H and O–H groups in total. The highest BCUT2D eigenvalue weighted by atomic mass is 35.5. The maximum Gasteiger partial charge on any atom is 0.162 e. The number of nitrogens with zero attached hydrogens (tertiary/aromatic N) is 2. The van der Waals surface area contributed by atoms with E-state index in [0.29, 0.717) is 29.0 Å². The number of alkyl halides is 1. The molecular formula is C15H18Cl2N2O2. The lowest BCUT2D eigenvalue weighted by atomic mass is 10.2. The number of rotatable bonds is 6. The molecule has 2 aromatic rings. The maximum absolute atomic E-state index is 6.31.